The average molecular weight is 300 g/mol. The zero-order valence-electron chi connectivity index (χ0n) is 13.8. The highest BCUT2D eigenvalue weighted by Gasteiger charge is 2.26. The van der Waals surface area contributed by atoms with Crippen molar-refractivity contribution in [3.05, 3.63) is 29.8 Å². The molecule has 1 aromatic rings. The summed E-state index contributed by atoms with van der Waals surface area (Å²) in [5.74, 6) is 0.311. The predicted octanol–water partition coefficient (Wildman–Crippen LogP) is 3.62. The van der Waals surface area contributed by atoms with Gasteiger partial charge in [0.05, 0.1) is 6.54 Å². The highest BCUT2D eigenvalue weighted by Crippen LogP contribution is 2.27. The number of benzene rings is 1. The van der Waals surface area contributed by atoms with Crippen molar-refractivity contribution in [2.75, 3.05) is 24.5 Å². The van der Waals surface area contributed by atoms with E-state index in [1.807, 2.05) is 0 Å². The summed E-state index contributed by atoms with van der Waals surface area (Å²) in [6, 6.07) is 9.03. The van der Waals surface area contributed by atoms with Crippen molar-refractivity contribution >= 4 is 11.6 Å². The number of likely N-dealkylation sites (N-methyl/N-ethyl adjacent to an activating group) is 1. The first-order chi connectivity index (χ1) is 10.8. The Morgan fingerprint density at radius 2 is 1.95 bits per heavy atom. The number of rotatable bonds is 4. The molecule has 3 rings (SSSR count). The highest BCUT2D eigenvalue weighted by atomic mass is 16.2. The van der Waals surface area contributed by atoms with Gasteiger partial charge >= 0.3 is 0 Å². The van der Waals surface area contributed by atoms with E-state index in [2.05, 4.69) is 41.0 Å². The standard InChI is InChI=1S/C19H28N2O/c1-2-21(17-11-4-3-5-12-17)19(22)15-20-14-8-10-16-9-6-7-13-18(16)20/h6-7,9,13,17H,2-5,8,10-12,14-15H2,1H3. The molecule has 2 aliphatic rings. The van der Waals surface area contributed by atoms with Gasteiger partial charge in [0, 0.05) is 24.8 Å². The van der Waals surface area contributed by atoms with E-state index in [1.54, 1.807) is 0 Å². The van der Waals surface area contributed by atoms with Crippen LogP contribution in [0.1, 0.15) is 51.0 Å². The van der Waals surface area contributed by atoms with Gasteiger partial charge in [-0.05, 0) is 44.2 Å². The number of nitrogens with zero attached hydrogens (tertiary/aromatic N) is 2. The van der Waals surface area contributed by atoms with Crippen molar-refractivity contribution in [2.45, 2.75) is 57.9 Å². The van der Waals surface area contributed by atoms with Crippen LogP contribution in [-0.4, -0.2) is 36.5 Å². The fourth-order valence-electron chi connectivity index (χ4n) is 4.06. The Balaban J connectivity index is 1.68. The van der Waals surface area contributed by atoms with E-state index in [9.17, 15) is 4.79 Å². The molecule has 1 heterocycles. The van der Waals surface area contributed by atoms with Crippen molar-refractivity contribution < 1.29 is 4.79 Å². The molecule has 3 nitrogen and oxygen atoms in total. The molecule has 1 aliphatic heterocycles. The molecule has 1 fully saturated rings. The Labute approximate surface area is 134 Å². The van der Waals surface area contributed by atoms with Gasteiger partial charge in [0.15, 0.2) is 0 Å². The Bertz CT molecular complexity index is 508. The molecule has 0 saturated heterocycles. The van der Waals surface area contributed by atoms with Gasteiger partial charge in [-0.1, -0.05) is 37.5 Å². The predicted molar refractivity (Wildman–Crippen MR) is 91.2 cm³/mol. The molecule has 0 bridgehead atoms. The number of anilines is 1. The number of carbonyl (C=O) groups is 1. The fraction of sp³-hybridized carbons (Fsp3) is 0.632. The number of fused-ring (bicyclic) bond motifs is 1. The summed E-state index contributed by atoms with van der Waals surface area (Å²) in [4.78, 5) is 17.3. The van der Waals surface area contributed by atoms with Crippen molar-refractivity contribution in [3.8, 4) is 0 Å². The second-order valence-electron chi connectivity index (χ2n) is 6.63. The van der Waals surface area contributed by atoms with Crippen LogP contribution in [0.15, 0.2) is 24.3 Å². The van der Waals surface area contributed by atoms with Gasteiger partial charge < -0.3 is 9.80 Å². The zero-order chi connectivity index (χ0) is 15.4. The molecule has 0 N–H and O–H groups in total. The normalized spacial score (nSPS) is 18.9. The number of para-hydroxylation sites is 1. The first kappa shape index (κ1) is 15.4. The average Bonchev–Trinajstić information content (AvgIpc) is 2.57. The van der Waals surface area contributed by atoms with Crippen LogP contribution in [0, 0.1) is 0 Å². The van der Waals surface area contributed by atoms with Crippen LogP contribution >= 0.6 is 0 Å². The Morgan fingerprint density at radius 1 is 1.18 bits per heavy atom. The first-order valence-electron chi connectivity index (χ1n) is 8.92. The Kier molecular flexibility index (Phi) is 5.01. The summed E-state index contributed by atoms with van der Waals surface area (Å²) < 4.78 is 0. The van der Waals surface area contributed by atoms with Crippen molar-refractivity contribution in [2.24, 2.45) is 0 Å². The van der Waals surface area contributed by atoms with Gasteiger partial charge in [-0.3, -0.25) is 4.79 Å². The molecule has 22 heavy (non-hydrogen) atoms. The number of amides is 1. The molecule has 1 saturated carbocycles. The summed E-state index contributed by atoms with van der Waals surface area (Å²) in [6.07, 6.45) is 8.57. The Hall–Kier alpha value is -1.51. The number of hydrogen-bond acceptors (Lipinski definition) is 2. The molecule has 0 spiro atoms. The molecular formula is C19H28N2O. The van der Waals surface area contributed by atoms with E-state index in [0.29, 0.717) is 18.5 Å². The molecule has 3 heteroatoms. The largest absolute Gasteiger partial charge is 0.362 e. The third-order valence-electron chi connectivity index (χ3n) is 5.21. The van der Waals surface area contributed by atoms with Gasteiger partial charge in [-0.2, -0.15) is 0 Å². The van der Waals surface area contributed by atoms with Gasteiger partial charge in [0.2, 0.25) is 5.91 Å². The van der Waals surface area contributed by atoms with E-state index < -0.39 is 0 Å². The quantitative estimate of drug-likeness (QED) is 0.848. The fourth-order valence-corrected chi connectivity index (χ4v) is 4.06. The van der Waals surface area contributed by atoms with Crippen LogP contribution in [-0.2, 0) is 11.2 Å². The van der Waals surface area contributed by atoms with E-state index in [4.69, 9.17) is 0 Å². The maximum atomic E-state index is 12.8. The molecule has 120 valence electrons. The molecule has 0 atom stereocenters. The third kappa shape index (κ3) is 3.29. The van der Waals surface area contributed by atoms with Crippen molar-refractivity contribution in [1.29, 1.82) is 0 Å². The smallest absolute Gasteiger partial charge is 0.242 e. The van der Waals surface area contributed by atoms with Crippen LogP contribution in [0.4, 0.5) is 5.69 Å². The van der Waals surface area contributed by atoms with Gasteiger partial charge in [0.25, 0.3) is 0 Å². The second-order valence-corrected chi connectivity index (χ2v) is 6.63. The number of aryl methyl sites for hydroxylation is 1. The SMILES string of the molecule is CCN(C(=O)CN1CCCc2ccccc21)C1CCCCC1. The molecule has 0 radical (unpaired) electrons. The maximum Gasteiger partial charge on any atom is 0.242 e. The third-order valence-corrected chi connectivity index (χ3v) is 5.21. The van der Waals surface area contributed by atoms with Crippen LogP contribution in [0.3, 0.4) is 0 Å². The molecule has 1 aliphatic carbocycles. The van der Waals surface area contributed by atoms with Crippen LogP contribution < -0.4 is 4.90 Å². The van der Waals surface area contributed by atoms with Crippen molar-refractivity contribution in [1.82, 2.24) is 4.90 Å². The van der Waals surface area contributed by atoms with E-state index in [1.165, 1.54) is 43.4 Å². The maximum absolute atomic E-state index is 12.8. The monoisotopic (exact) mass is 300 g/mol. The summed E-state index contributed by atoms with van der Waals surface area (Å²) >= 11 is 0. The zero-order valence-corrected chi connectivity index (χ0v) is 13.8. The lowest BCUT2D eigenvalue weighted by atomic mass is 9.94. The van der Waals surface area contributed by atoms with Gasteiger partial charge in [-0.25, -0.2) is 0 Å². The van der Waals surface area contributed by atoms with Gasteiger partial charge in [0.1, 0.15) is 0 Å². The van der Waals surface area contributed by atoms with Crippen LogP contribution in [0.25, 0.3) is 0 Å². The van der Waals surface area contributed by atoms with E-state index in [-0.39, 0.29) is 0 Å². The molecule has 1 aromatic carbocycles. The van der Waals surface area contributed by atoms with Crippen LogP contribution in [0.2, 0.25) is 0 Å². The Morgan fingerprint density at radius 3 is 2.73 bits per heavy atom. The van der Waals surface area contributed by atoms with Gasteiger partial charge in [-0.15, -0.1) is 0 Å². The lowest BCUT2D eigenvalue weighted by Gasteiger charge is -2.37. The second kappa shape index (κ2) is 7.17. The minimum Gasteiger partial charge on any atom is -0.362 e. The minimum absolute atomic E-state index is 0.311. The summed E-state index contributed by atoms with van der Waals surface area (Å²) in [7, 11) is 0. The molecule has 0 unspecified atom stereocenters. The molecule has 1 amide bonds. The molecular weight excluding hydrogens is 272 g/mol. The summed E-state index contributed by atoms with van der Waals surface area (Å²) in [6.45, 7) is 4.52. The van der Waals surface area contributed by atoms with E-state index in [0.717, 1.165) is 25.9 Å². The topological polar surface area (TPSA) is 23.6 Å². The summed E-state index contributed by atoms with van der Waals surface area (Å²) in [5, 5.41) is 0. The van der Waals surface area contributed by atoms with Crippen LogP contribution in [0.5, 0.6) is 0 Å². The summed E-state index contributed by atoms with van der Waals surface area (Å²) in [5.41, 5.74) is 2.66. The van der Waals surface area contributed by atoms with E-state index >= 15 is 0 Å². The van der Waals surface area contributed by atoms with Crippen molar-refractivity contribution in [3.63, 3.8) is 0 Å². The number of carbonyl (C=O) groups excluding carboxylic acids is 1. The lowest BCUT2D eigenvalue weighted by molar-refractivity contribution is -0.132. The lowest BCUT2D eigenvalue weighted by Crippen LogP contribution is -2.47. The minimum atomic E-state index is 0.311. The molecule has 0 aromatic heterocycles. The number of hydrogen-bond donors (Lipinski definition) is 0. The first-order valence-corrected chi connectivity index (χ1v) is 8.92. The highest BCUT2D eigenvalue weighted by molar-refractivity contribution is 5.82.